The molecule has 152 valence electrons. The maximum atomic E-state index is 12.4. The van der Waals surface area contributed by atoms with Crippen LogP contribution in [-0.4, -0.2) is 20.1 Å². The van der Waals surface area contributed by atoms with Gasteiger partial charge in [0.15, 0.2) is 5.65 Å². The molecular weight excluding hydrogens is 423 g/mol. The van der Waals surface area contributed by atoms with E-state index in [0.717, 1.165) is 11.1 Å². The summed E-state index contributed by atoms with van der Waals surface area (Å²) in [7, 11) is 0. The molecule has 0 aliphatic carbocycles. The molecule has 1 amide bonds. The normalized spacial score (nSPS) is 11.0. The lowest BCUT2D eigenvalue weighted by Gasteiger charge is -2.09. The number of fused-ring (bicyclic) bond motifs is 1. The van der Waals surface area contributed by atoms with Gasteiger partial charge in [-0.1, -0.05) is 53.5 Å². The molecule has 2 aromatic carbocycles. The molecule has 0 radical (unpaired) electrons. The highest BCUT2D eigenvalue weighted by molar-refractivity contribution is 6.42. The molecule has 4 rings (SSSR count). The second kappa shape index (κ2) is 8.73. The lowest BCUT2D eigenvalue weighted by Crippen LogP contribution is -2.21. The van der Waals surface area contributed by atoms with Gasteiger partial charge in [-0.25, -0.2) is 9.48 Å². The number of benzene rings is 2. The third-order valence-electron chi connectivity index (χ3n) is 4.68. The number of pyridine rings is 1. The van der Waals surface area contributed by atoms with Gasteiger partial charge in [0, 0.05) is 18.3 Å². The number of nitrogens with zero attached hydrogens (tertiary/aromatic N) is 3. The van der Waals surface area contributed by atoms with E-state index in [1.807, 2.05) is 36.4 Å². The zero-order valence-electron chi connectivity index (χ0n) is 15.9. The Hall–Kier alpha value is -3.09. The lowest BCUT2D eigenvalue weighted by atomic mass is 10.1. The Bertz CT molecular complexity index is 1280. The highest BCUT2D eigenvalue weighted by atomic mass is 35.5. The van der Waals surface area contributed by atoms with Crippen LogP contribution in [0.5, 0.6) is 0 Å². The molecule has 0 saturated heterocycles. The summed E-state index contributed by atoms with van der Waals surface area (Å²) in [4.78, 5) is 24.8. The molecule has 6 nitrogen and oxygen atoms in total. The van der Waals surface area contributed by atoms with E-state index in [-0.39, 0.29) is 18.0 Å². The summed E-state index contributed by atoms with van der Waals surface area (Å²) in [5.74, 6) is -0.131. The molecule has 1 N–H and O–H groups in total. The summed E-state index contributed by atoms with van der Waals surface area (Å²) in [5, 5.41) is 8.17. The van der Waals surface area contributed by atoms with Crippen molar-refractivity contribution in [2.75, 3.05) is 5.32 Å². The van der Waals surface area contributed by atoms with Crippen molar-refractivity contribution in [1.82, 2.24) is 14.2 Å². The molecule has 0 spiro atoms. The number of rotatable bonds is 6. The van der Waals surface area contributed by atoms with Gasteiger partial charge < -0.3 is 5.32 Å². The van der Waals surface area contributed by atoms with Crippen molar-refractivity contribution < 1.29 is 4.79 Å². The zero-order valence-corrected chi connectivity index (χ0v) is 17.4. The molecular formula is C22H18Cl2N4O2. The van der Waals surface area contributed by atoms with Crippen LogP contribution in [0.4, 0.5) is 5.69 Å². The van der Waals surface area contributed by atoms with E-state index in [1.54, 1.807) is 30.5 Å². The van der Waals surface area contributed by atoms with Gasteiger partial charge in [0.1, 0.15) is 0 Å². The van der Waals surface area contributed by atoms with Gasteiger partial charge in [-0.2, -0.15) is 0 Å². The Kier molecular flexibility index (Phi) is 5.88. The first-order valence-corrected chi connectivity index (χ1v) is 10.1. The maximum absolute atomic E-state index is 12.4. The van der Waals surface area contributed by atoms with E-state index in [4.69, 9.17) is 23.2 Å². The Labute approximate surface area is 182 Å². The van der Waals surface area contributed by atoms with E-state index in [0.29, 0.717) is 34.3 Å². The Balaban J connectivity index is 1.42. The molecule has 0 atom stereocenters. The SMILES string of the molecule is O=C(CCc1cccc(Cl)c1Cl)Nc1cccc(Cn2nc3ccccn3c2=O)c1. The van der Waals surface area contributed by atoms with Crippen molar-refractivity contribution in [3.05, 3.63) is 98.5 Å². The molecule has 0 unspecified atom stereocenters. The smallest absolute Gasteiger partial charge is 0.326 e. The minimum absolute atomic E-state index is 0.131. The fourth-order valence-electron chi connectivity index (χ4n) is 3.20. The van der Waals surface area contributed by atoms with Crippen LogP contribution in [0.15, 0.2) is 71.7 Å². The van der Waals surface area contributed by atoms with Crippen molar-refractivity contribution in [3.8, 4) is 0 Å². The van der Waals surface area contributed by atoms with Crippen LogP contribution in [0.3, 0.4) is 0 Å². The molecule has 0 bridgehead atoms. The van der Waals surface area contributed by atoms with Gasteiger partial charge in [0.05, 0.1) is 16.6 Å². The lowest BCUT2D eigenvalue weighted by molar-refractivity contribution is -0.116. The maximum Gasteiger partial charge on any atom is 0.350 e. The number of hydrogen-bond acceptors (Lipinski definition) is 3. The topological polar surface area (TPSA) is 68.4 Å². The van der Waals surface area contributed by atoms with Gasteiger partial charge in [-0.3, -0.25) is 9.20 Å². The average molecular weight is 441 g/mol. The van der Waals surface area contributed by atoms with Crippen LogP contribution in [-0.2, 0) is 17.8 Å². The summed E-state index contributed by atoms with van der Waals surface area (Å²) in [6.07, 6.45) is 2.45. The Morgan fingerprint density at radius 1 is 1.03 bits per heavy atom. The molecule has 0 aliphatic heterocycles. The second-order valence-electron chi connectivity index (χ2n) is 6.83. The number of hydrogen-bond donors (Lipinski definition) is 1. The van der Waals surface area contributed by atoms with E-state index >= 15 is 0 Å². The van der Waals surface area contributed by atoms with E-state index in [9.17, 15) is 9.59 Å². The highest BCUT2D eigenvalue weighted by Crippen LogP contribution is 2.26. The molecule has 2 aromatic heterocycles. The Morgan fingerprint density at radius 2 is 1.87 bits per heavy atom. The number of anilines is 1. The van der Waals surface area contributed by atoms with E-state index in [2.05, 4.69) is 10.4 Å². The Morgan fingerprint density at radius 3 is 2.70 bits per heavy atom. The first-order chi connectivity index (χ1) is 14.5. The molecule has 30 heavy (non-hydrogen) atoms. The molecule has 0 saturated carbocycles. The molecule has 2 heterocycles. The number of aromatic nitrogens is 3. The van der Waals surface area contributed by atoms with E-state index < -0.39 is 0 Å². The van der Waals surface area contributed by atoms with Crippen molar-refractivity contribution >= 4 is 40.4 Å². The van der Waals surface area contributed by atoms with Crippen molar-refractivity contribution in [1.29, 1.82) is 0 Å². The van der Waals surface area contributed by atoms with Crippen LogP contribution in [0.2, 0.25) is 10.0 Å². The standard InChI is InChI=1S/C22H18Cl2N4O2/c23-18-8-4-6-16(21(18)24)10-11-20(29)25-17-7-3-5-15(13-17)14-28-22(30)27-12-2-1-9-19(27)26-28/h1-9,12-13H,10-11,14H2,(H,25,29). The molecule has 8 heteroatoms. The highest BCUT2D eigenvalue weighted by Gasteiger charge is 2.10. The first kappa shape index (κ1) is 20.2. The van der Waals surface area contributed by atoms with Crippen molar-refractivity contribution in [2.45, 2.75) is 19.4 Å². The fraction of sp³-hybridized carbons (Fsp3) is 0.136. The quantitative estimate of drug-likeness (QED) is 0.482. The largest absolute Gasteiger partial charge is 0.350 e. The minimum Gasteiger partial charge on any atom is -0.326 e. The van der Waals surface area contributed by atoms with Gasteiger partial charge in [0.25, 0.3) is 0 Å². The van der Waals surface area contributed by atoms with Gasteiger partial charge in [-0.15, -0.1) is 5.10 Å². The number of carbonyl (C=O) groups is 1. The summed E-state index contributed by atoms with van der Waals surface area (Å²) in [6.45, 7) is 0.308. The summed E-state index contributed by atoms with van der Waals surface area (Å²) < 4.78 is 2.89. The zero-order chi connectivity index (χ0) is 21.1. The summed E-state index contributed by atoms with van der Waals surface area (Å²) >= 11 is 12.2. The number of halogens is 2. The number of nitrogens with one attached hydrogen (secondary N) is 1. The van der Waals surface area contributed by atoms with Gasteiger partial charge >= 0.3 is 5.69 Å². The third kappa shape index (κ3) is 4.40. The average Bonchev–Trinajstić information content (AvgIpc) is 3.05. The van der Waals surface area contributed by atoms with Gasteiger partial charge in [0.2, 0.25) is 5.91 Å². The fourth-order valence-corrected chi connectivity index (χ4v) is 3.62. The van der Waals surface area contributed by atoms with Crippen LogP contribution in [0.1, 0.15) is 17.5 Å². The monoisotopic (exact) mass is 440 g/mol. The third-order valence-corrected chi connectivity index (χ3v) is 5.54. The second-order valence-corrected chi connectivity index (χ2v) is 7.62. The predicted molar refractivity (Wildman–Crippen MR) is 118 cm³/mol. The van der Waals surface area contributed by atoms with E-state index in [1.165, 1.54) is 9.08 Å². The van der Waals surface area contributed by atoms with Gasteiger partial charge in [-0.05, 0) is 47.9 Å². The summed E-state index contributed by atoms with van der Waals surface area (Å²) in [6, 6.07) is 18.1. The van der Waals surface area contributed by atoms with Crippen LogP contribution < -0.4 is 11.0 Å². The molecule has 0 fully saturated rings. The number of amides is 1. The summed E-state index contributed by atoms with van der Waals surface area (Å²) in [5.41, 5.74) is 2.73. The predicted octanol–water partition coefficient (Wildman–Crippen LogP) is 4.42. The van der Waals surface area contributed by atoms with Crippen LogP contribution >= 0.6 is 23.2 Å². The number of carbonyl (C=O) groups excluding carboxylic acids is 1. The van der Waals surface area contributed by atoms with Crippen molar-refractivity contribution in [3.63, 3.8) is 0 Å². The first-order valence-electron chi connectivity index (χ1n) is 9.37. The minimum atomic E-state index is -0.210. The van der Waals surface area contributed by atoms with Crippen LogP contribution in [0.25, 0.3) is 5.65 Å². The van der Waals surface area contributed by atoms with Crippen LogP contribution in [0, 0.1) is 0 Å². The molecule has 0 aliphatic rings. The van der Waals surface area contributed by atoms with Crippen molar-refractivity contribution in [2.24, 2.45) is 0 Å². The molecule has 4 aromatic rings. The number of aryl methyl sites for hydroxylation is 1.